The molecule has 0 aliphatic rings. The first-order valence-electron chi connectivity index (χ1n) is 3.48. The van der Waals surface area contributed by atoms with E-state index in [4.69, 9.17) is 4.74 Å². The van der Waals surface area contributed by atoms with Gasteiger partial charge in [0.15, 0.2) is 0 Å². The second-order valence-electron chi connectivity index (χ2n) is 1.82. The lowest BCUT2D eigenvalue weighted by Crippen LogP contribution is -2.20. The fourth-order valence-electron chi connectivity index (χ4n) is 0.586. The fraction of sp³-hybridized carbons (Fsp3) is 0.571. The zero-order chi connectivity index (χ0) is 8.69. The van der Waals surface area contributed by atoms with E-state index in [1.807, 2.05) is 0 Å². The van der Waals surface area contributed by atoms with Crippen LogP contribution in [-0.4, -0.2) is 26.7 Å². The van der Waals surface area contributed by atoms with Crippen molar-refractivity contribution in [2.24, 2.45) is 0 Å². The Labute approximate surface area is 66.6 Å². The van der Waals surface area contributed by atoms with Gasteiger partial charge in [0, 0.05) is 20.3 Å². The van der Waals surface area contributed by atoms with Gasteiger partial charge in [-0.25, -0.2) is 4.79 Å². The minimum absolute atomic E-state index is 0.343. The topological polar surface area (TPSA) is 50.4 Å². The van der Waals surface area contributed by atoms with Crippen LogP contribution in [0.1, 0.15) is 6.92 Å². The predicted octanol–water partition coefficient (Wildman–Crippen LogP) is -0.170. The normalized spacial score (nSPS) is 10.6. The molecule has 0 aromatic heterocycles. The van der Waals surface area contributed by atoms with Gasteiger partial charge >= 0.3 is 5.97 Å². The van der Waals surface area contributed by atoms with E-state index in [1.54, 1.807) is 27.2 Å². The van der Waals surface area contributed by atoms with Crippen molar-refractivity contribution in [3.05, 3.63) is 11.9 Å². The van der Waals surface area contributed by atoms with Gasteiger partial charge in [-0.05, 0) is 6.92 Å². The van der Waals surface area contributed by atoms with Gasteiger partial charge in [0.2, 0.25) is 0 Å². The van der Waals surface area contributed by atoms with Gasteiger partial charge in [0.25, 0.3) is 0 Å². The standard InChI is InChI=1S/C7H14N2O2/c1-4-11-7(10)6(9-3)5-8-2/h5,8-9H,4H2,1-3H3/b6-5-. The molecule has 0 atom stereocenters. The monoisotopic (exact) mass is 158 g/mol. The van der Waals surface area contributed by atoms with E-state index in [0.717, 1.165) is 0 Å². The molecule has 0 heterocycles. The third kappa shape index (κ3) is 3.50. The number of esters is 1. The summed E-state index contributed by atoms with van der Waals surface area (Å²) in [5.41, 5.74) is 0.425. The Bertz CT molecular complexity index is 155. The Morgan fingerprint density at radius 1 is 1.55 bits per heavy atom. The highest BCUT2D eigenvalue weighted by Gasteiger charge is 2.06. The molecule has 0 aromatic carbocycles. The molecule has 0 amide bonds. The zero-order valence-corrected chi connectivity index (χ0v) is 7.10. The molecule has 4 heteroatoms. The molecule has 2 N–H and O–H groups in total. The summed E-state index contributed by atoms with van der Waals surface area (Å²) in [6, 6.07) is 0. The zero-order valence-electron chi connectivity index (χ0n) is 7.10. The van der Waals surface area contributed by atoms with Crippen molar-refractivity contribution in [2.45, 2.75) is 6.92 Å². The smallest absolute Gasteiger partial charge is 0.355 e. The highest BCUT2D eigenvalue weighted by Crippen LogP contribution is 1.89. The minimum atomic E-state index is -0.343. The molecule has 0 rings (SSSR count). The van der Waals surface area contributed by atoms with Gasteiger partial charge < -0.3 is 15.4 Å². The van der Waals surface area contributed by atoms with E-state index in [9.17, 15) is 4.79 Å². The molecule has 11 heavy (non-hydrogen) atoms. The summed E-state index contributed by atoms with van der Waals surface area (Å²) in [5.74, 6) is -0.343. The van der Waals surface area contributed by atoms with Gasteiger partial charge in [-0.15, -0.1) is 0 Å². The molecule has 0 aliphatic carbocycles. The van der Waals surface area contributed by atoms with Crippen LogP contribution < -0.4 is 10.6 Å². The van der Waals surface area contributed by atoms with Crippen molar-refractivity contribution in [1.29, 1.82) is 0 Å². The summed E-state index contributed by atoms with van der Waals surface area (Å²) in [7, 11) is 3.39. The third-order valence-electron chi connectivity index (χ3n) is 1.05. The van der Waals surface area contributed by atoms with Crippen molar-refractivity contribution in [3.8, 4) is 0 Å². The first-order chi connectivity index (χ1) is 5.26. The Morgan fingerprint density at radius 3 is 2.55 bits per heavy atom. The summed E-state index contributed by atoms with van der Waals surface area (Å²) >= 11 is 0. The maximum atomic E-state index is 11.0. The molecule has 64 valence electrons. The summed E-state index contributed by atoms with van der Waals surface area (Å²) in [5, 5.41) is 5.44. The van der Waals surface area contributed by atoms with E-state index < -0.39 is 0 Å². The van der Waals surface area contributed by atoms with Gasteiger partial charge in [-0.2, -0.15) is 0 Å². The Kier molecular flexibility index (Phi) is 4.98. The lowest BCUT2D eigenvalue weighted by molar-refractivity contribution is -0.138. The first-order valence-corrected chi connectivity index (χ1v) is 3.48. The van der Waals surface area contributed by atoms with Crippen LogP contribution in [0.25, 0.3) is 0 Å². The van der Waals surface area contributed by atoms with Gasteiger partial charge in [0.1, 0.15) is 5.70 Å². The molecular weight excluding hydrogens is 144 g/mol. The van der Waals surface area contributed by atoms with Crippen molar-refractivity contribution in [3.63, 3.8) is 0 Å². The second kappa shape index (κ2) is 5.58. The third-order valence-corrected chi connectivity index (χ3v) is 1.05. The van der Waals surface area contributed by atoms with Crippen LogP contribution in [0.5, 0.6) is 0 Å². The van der Waals surface area contributed by atoms with Crippen LogP contribution in [0.4, 0.5) is 0 Å². The largest absolute Gasteiger partial charge is 0.461 e. The number of rotatable bonds is 4. The molecule has 0 unspecified atom stereocenters. The predicted molar refractivity (Wildman–Crippen MR) is 42.8 cm³/mol. The minimum Gasteiger partial charge on any atom is -0.461 e. The van der Waals surface area contributed by atoms with Crippen LogP contribution in [0, 0.1) is 0 Å². The van der Waals surface area contributed by atoms with Crippen molar-refractivity contribution < 1.29 is 9.53 Å². The summed E-state index contributed by atoms with van der Waals surface area (Å²) in [6.45, 7) is 2.16. The van der Waals surface area contributed by atoms with E-state index in [1.165, 1.54) is 0 Å². The number of hydrogen-bond acceptors (Lipinski definition) is 4. The SMILES string of the molecule is CCOC(=O)/C(=C/NC)NC. The maximum Gasteiger partial charge on any atom is 0.355 e. The van der Waals surface area contributed by atoms with E-state index in [2.05, 4.69) is 10.6 Å². The maximum absolute atomic E-state index is 11.0. The average molecular weight is 158 g/mol. The van der Waals surface area contributed by atoms with Crippen LogP contribution in [0.3, 0.4) is 0 Å². The Balaban J connectivity index is 4.03. The molecule has 0 saturated carbocycles. The van der Waals surface area contributed by atoms with Crippen LogP contribution >= 0.6 is 0 Å². The second-order valence-corrected chi connectivity index (χ2v) is 1.82. The Hall–Kier alpha value is -1.19. The average Bonchev–Trinajstić information content (AvgIpc) is 2.00. The number of carbonyl (C=O) groups excluding carboxylic acids is 1. The van der Waals surface area contributed by atoms with Crippen molar-refractivity contribution in [1.82, 2.24) is 10.6 Å². The van der Waals surface area contributed by atoms with E-state index in [0.29, 0.717) is 12.3 Å². The molecule has 0 radical (unpaired) electrons. The molecule has 0 aliphatic heterocycles. The summed E-state index contributed by atoms with van der Waals surface area (Å²) in [6.07, 6.45) is 1.55. The first kappa shape index (κ1) is 9.81. The summed E-state index contributed by atoms with van der Waals surface area (Å²) in [4.78, 5) is 11.0. The molecule has 0 aromatic rings. The van der Waals surface area contributed by atoms with Gasteiger partial charge in [0.05, 0.1) is 6.61 Å². The Morgan fingerprint density at radius 2 is 2.18 bits per heavy atom. The highest BCUT2D eigenvalue weighted by atomic mass is 16.5. The lowest BCUT2D eigenvalue weighted by Gasteiger charge is -2.04. The molecule has 0 saturated heterocycles. The van der Waals surface area contributed by atoms with Crippen LogP contribution in [0.2, 0.25) is 0 Å². The molecule has 0 fully saturated rings. The fourth-order valence-corrected chi connectivity index (χ4v) is 0.586. The van der Waals surface area contributed by atoms with Crippen molar-refractivity contribution >= 4 is 5.97 Å². The molecule has 4 nitrogen and oxygen atoms in total. The number of nitrogens with one attached hydrogen (secondary N) is 2. The summed E-state index contributed by atoms with van der Waals surface area (Å²) < 4.78 is 4.74. The quantitative estimate of drug-likeness (QED) is 0.440. The number of ether oxygens (including phenoxy) is 1. The highest BCUT2D eigenvalue weighted by molar-refractivity contribution is 5.87. The molecule has 0 spiro atoms. The van der Waals surface area contributed by atoms with E-state index >= 15 is 0 Å². The van der Waals surface area contributed by atoms with Crippen LogP contribution in [0.15, 0.2) is 11.9 Å². The van der Waals surface area contributed by atoms with Crippen molar-refractivity contribution in [2.75, 3.05) is 20.7 Å². The van der Waals surface area contributed by atoms with Crippen LogP contribution in [-0.2, 0) is 9.53 Å². The number of carbonyl (C=O) groups is 1. The van der Waals surface area contributed by atoms with E-state index in [-0.39, 0.29) is 5.97 Å². The number of hydrogen-bond donors (Lipinski definition) is 2. The molecular formula is C7H14N2O2. The van der Waals surface area contributed by atoms with Gasteiger partial charge in [-0.1, -0.05) is 0 Å². The van der Waals surface area contributed by atoms with Gasteiger partial charge in [-0.3, -0.25) is 0 Å². The lowest BCUT2D eigenvalue weighted by atomic mass is 10.5. The number of likely N-dealkylation sites (N-methyl/N-ethyl adjacent to an activating group) is 1. The molecule has 0 bridgehead atoms.